The maximum Gasteiger partial charge on any atom is 0.311 e. The van der Waals surface area contributed by atoms with Crippen LogP contribution < -0.4 is 10.0 Å². The summed E-state index contributed by atoms with van der Waals surface area (Å²) in [5.41, 5.74) is 0.952. The smallest absolute Gasteiger partial charge is 0.311 e. The molecule has 0 saturated carbocycles. The van der Waals surface area contributed by atoms with E-state index in [-0.39, 0.29) is 33.2 Å². The summed E-state index contributed by atoms with van der Waals surface area (Å²) >= 11 is 1.14. The highest BCUT2D eigenvalue weighted by atomic mass is 32.2. The lowest BCUT2D eigenvalue weighted by Crippen LogP contribution is -2.12. The van der Waals surface area contributed by atoms with Crippen molar-refractivity contribution in [2.75, 3.05) is 10.0 Å². The van der Waals surface area contributed by atoms with Gasteiger partial charge in [0.05, 0.1) is 0 Å². The average Bonchev–Trinajstić information content (AvgIpc) is 3.27. The zero-order valence-electron chi connectivity index (χ0n) is 14.5. The molecule has 28 heavy (non-hydrogen) atoms. The van der Waals surface area contributed by atoms with Gasteiger partial charge in [-0.2, -0.15) is 4.98 Å². The quantitative estimate of drug-likeness (QED) is 0.515. The molecule has 2 N–H and O–H groups in total. The number of carbonyl (C=O) groups excluding carboxylic acids is 1. The SMILES string of the molecule is Cc1ccc(S(=O)(=O)Nc2nc3nc(NC(=O)c4ccccc4)ccc3o2)s1. The van der Waals surface area contributed by atoms with Gasteiger partial charge in [-0.1, -0.05) is 18.2 Å². The fourth-order valence-electron chi connectivity index (χ4n) is 2.43. The topological polar surface area (TPSA) is 114 Å². The van der Waals surface area contributed by atoms with Crippen molar-refractivity contribution in [2.45, 2.75) is 11.1 Å². The molecule has 0 aliphatic heterocycles. The number of benzene rings is 1. The molecule has 142 valence electrons. The zero-order chi connectivity index (χ0) is 19.7. The van der Waals surface area contributed by atoms with Crippen LogP contribution in [-0.2, 0) is 10.0 Å². The van der Waals surface area contributed by atoms with Gasteiger partial charge in [0.1, 0.15) is 10.0 Å². The highest BCUT2D eigenvalue weighted by Gasteiger charge is 2.20. The van der Waals surface area contributed by atoms with Crippen LogP contribution in [0.3, 0.4) is 0 Å². The molecule has 0 saturated heterocycles. The van der Waals surface area contributed by atoms with Crippen molar-refractivity contribution in [1.29, 1.82) is 0 Å². The maximum atomic E-state index is 12.4. The van der Waals surface area contributed by atoms with Crippen LogP contribution in [0.2, 0.25) is 0 Å². The Bertz CT molecular complexity index is 1260. The van der Waals surface area contributed by atoms with E-state index in [1.54, 1.807) is 42.5 Å². The number of thiophene rings is 1. The van der Waals surface area contributed by atoms with Crippen molar-refractivity contribution in [1.82, 2.24) is 9.97 Å². The van der Waals surface area contributed by atoms with Crippen molar-refractivity contribution in [3.63, 3.8) is 0 Å². The van der Waals surface area contributed by atoms with E-state index < -0.39 is 10.0 Å². The third-order valence-corrected chi connectivity index (χ3v) is 6.55. The summed E-state index contributed by atoms with van der Waals surface area (Å²) in [6, 6.07) is 14.9. The van der Waals surface area contributed by atoms with E-state index in [2.05, 4.69) is 20.0 Å². The molecule has 0 fully saturated rings. The number of carbonyl (C=O) groups is 1. The predicted molar refractivity (Wildman–Crippen MR) is 106 cm³/mol. The number of hydrogen-bond acceptors (Lipinski definition) is 7. The Morgan fingerprint density at radius 2 is 1.82 bits per heavy atom. The van der Waals surface area contributed by atoms with Gasteiger partial charge in [0, 0.05) is 10.4 Å². The van der Waals surface area contributed by atoms with Gasteiger partial charge in [-0.15, -0.1) is 11.3 Å². The van der Waals surface area contributed by atoms with E-state index >= 15 is 0 Å². The number of aryl methyl sites for hydroxylation is 1. The lowest BCUT2D eigenvalue weighted by molar-refractivity contribution is 0.102. The highest BCUT2D eigenvalue weighted by Crippen LogP contribution is 2.25. The molecule has 1 amide bonds. The summed E-state index contributed by atoms with van der Waals surface area (Å²) in [5.74, 6) is -0.0390. The molecule has 4 rings (SSSR count). The number of sulfonamides is 1. The first-order valence-electron chi connectivity index (χ1n) is 8.14. The molecular formula is C18H14N4O4S2. The van der Waals surface area contributed by atoms with Crippen molar-refractivity contribution in [2.24, 2.45) is 0 Å². The number of aromatic nitrogens is 2. The van der Waals surface area contributed by atoms with Crippen molar-refractivity contribution in [3.8, 4) is 0 Å². The number of fused-ring (bicyclic) bond motifs is 1. The van der Waals surface area contributed by atoms with Gasteiger partial charge in [0.25, 0.3) is 15.9 Å². The standard InChI is InChI=1S/C18H14N4O4S2/c1-11-7-10-15(27-11)28(24,25)22-18-21-16-13(26-18)8-9-14(19-16)20-17(23)12-5-3-2-4-6-12/h2-10H,1H3,(H2,19,20,21,22,23). The van der Waals surface area contributed by atoms with Gasteiger partial charge in [0.2, 0.25) is 5.65 Å². The van der Waals surface area contributed by atoms with Crippen LogP contribution in [-0.4, -0.2) is 24.3 Å². The van der Waals surface area contributed by atoms with Crippen LogP contribution in [0.1, 0.15) is 15.2 Å². The number of nitrogens with zero attached hydrogens (tertiary/aromatic N) is 2. The third kappa shape index (κ3) is 3.73. The van der Waals surface area contributed by atoms with E-state index in [4.69, 9.17) is 4.42 Å². The van der Waals surface area contributed by atoms with Crippen LogP contribution in [0.15, 0.2) is 63.2 Å². The average molecular weight is 414 g/mol. The Balaban J connectivity index is 1.56. The van der Waals surface area contributed by atoms with Crippen LogP contribution in [0, 0.1) is 6.92 Å². The minimum atomic E-state index is -3.79. The van der Waals surface area contributed by atoms with Crippen molar-refractivity contribution >= 4 is 50.3 Å². The van der Waals surface area contributed by atoms with Gasteiger partial charge in [-0.25, -0.2) is 18.1 Å². The number of nitrogens with one attached hydrogen (secondary N) is 2. The van der Waals surface area contributed by atoms with Crippen LogP contribution in [0.5, 0.6) is 0 Å². The number of anilines is 2. The Labute approximate surface area is 164 Å². The molecule has 0 aliphatic rings. The first-order valence-corrected chi connectivity index (χ1v) is 10.4. The van der Waals surface area contributed by atoms with E-state index in [0.29, 0.717) is 5.56 Å². The lowest BCUT2D eigenvalue weighted by atomic mass is 10.2. The fourth-order valence-corrected chi connectivity index (χ4v) is 4.64. The molecule has 3 aromatic heterocycles. The third-order valence-electron chi connectivity index (χ3n) is 3.73. The monoisotopic (exact) mass is 414 g/mol. The molecule has 4 aromatic rings. The summed E-state index contributed by atoms with van der Waals surface area (Å²) in [5, 5.41) is 2.67. The molecule has 0 radical (unpaired) electrons. The number of oxazole rings is 1. The van der Waals surface area contributed by atoms with Crippen molar-refractivity contribution < 1.29 is 17.6 Å². The summed E-state index contributed by atoms with van der Waals surface area (Å²) < 4.78 is 32.6. The van der Waals surface area contributed by atoms with Gasteiger partial charge < -0.3 is 9.73 Å². The second-order valence-corrected chi connectivity index (χ2v) is 9.03. The molecule has 0 unspecified atom stereocenters. The van der Waals surface area contributed by atoms with E-state index in [0.717, 1.165) is 16.2 Å². The molecule has 8 nitrogen and oxygen atoms in total. The Kier molecular flexibility index (Phi) is 4.57. The molecular weight excluding hydrogens is 400 g/mol. The Morgan fingerprint density at radius 3 is 2.54 bits per heavy atom. The highest BCUT2D eigenvalue weighted by molar-refractivity contribution is 7.94. The molecule has 0 aliphatic carbocycles. The molecule has 1 aromatic carbocycles. The largest absolute Gasteiger partial charge is 0.421 e. The number of rotatable bonds is 5. The maximum absolute atomic E-state index is 12.4. The fraction of sp³-hybridized carbons (Fsp3) is 0.0556. The molecule has 0 spiro atoms. The van der Waals surface area contributed by atoms with Gasteiger partial charge >= 0.3 is 6.01 Å². The summed E-state index contributed by atoms with van der Waals surface area (Å²) in [6.45, 7) is 1.82. The second-order valence-electron chi connectivity index (χ2n) is 5.83. The second kappa shape index (κ2) is 7.06. The molecule has 0 bridgehead atoms. The predicted octanol–water partition coefficient (Wildman–Crippen LogP) is 3.65. The summed E-state index contributed by atoms with van der Waals surface area (Å²) in [7, 11) is -3.79. The lowest BCUT2D eigenvalue weighted by Gasteiger charge is -2.03. The van der Waals surface area contributed by atoms with Crippen LogP contribution in [0.4, 0.5) is 11.8 Å². The minimum Gasteiger partial charge on any atom is -0.421 e. The first-order chi connectivity index (χ1) is 13.4. The Morgan fingerprint density at radius 1 is 1.04 bits per heavy atom. The van der Waals surface area contributed by atoms with E-state index in [1.807, 2.05) is 13.0 Å². The molecule has 3 heterocycles. The molecule has 0 atom stereocenters. The van der Waals surface area contributed by atoms with Gasteiger partial charge in [0.15, 0.2) is 5.58 Å². The van der Waals surface area contributed by atoms with Gasteiger partial charge in [-0.3, -0.25) is 4.79 Å². The first kappa shape index (κ1) is 18.1. The molecule has 10 heteroatoms. The number of pyridine rings is 1. The summed E-state index contributed by atoms with van der Waals surface area (Å²) in [4.78, 5) is 21.3. The van der Waals surface area contributed by atoms with Crippen LogP contribution in [0.25, 0.3) is 11.2 Å². The minimum absolute atomic E-state index is 0.163. The Hall–Kier alpha value is -3.24. The number of amides is 1. The summed E-state index contributed by atoms with van der Waals surface area (Å²) in [6.07, 6.45) is 0. The van der Waals surface area contributed by atoms with Gasteiger partial charge in [-0.05, 0) is 43.3 Å². The van der Waals surface area contributed by atoms with E-state index in [9.17, 15) is 13.2 Å². The normalized spacial score (nSPS) is 11.5. The van der Waals surface area contributed by atoms with E-state index in [1.165, 1.54) is 6.07 Å². The zero-order valence-corrected chi connectivity index (χ0v) is 16.2. The van der Waals surface area contributed by atoms with Crippen LogP contribution >= 0.6 is 11.3 Å². The van der Waals surface area contributed by atoms with Crippen molar-refractivity contribution in [3.05, 3.63) is 65.0 Å². The number of hydrogen-bond donors (Lipinski definition) is 2.